The molecule has 0 atom stereocenters. The topological polar surface area (TPSA) is 60.0 Å². The summed E-state index contributed by atoms with van der Waals surface area (Å²) in [5.41, 5.74) is 2.76. The molecule has 6 nitrogen and oxygen atoms in total. The van der Waals surface area contributed by atoms with Gasteiger partial charge in [0.25, 0.3) is 0 Å². The summed E-state index contributed by atoms with van der Waals surface area (Å²) in [5, 5.41) is 0. The molecule has 3 aliphatic rings. The Morgan fingerprint density at radius 1 is 0.682 bits per heavy atom. The second kappa shape index (κ2) is 19.2. The van der Waals surface area contributed by atoms with Crippen LogP contribution in [0, 0.1) is 0 Å². The van der Waals surface area contributed by atoms with Gasteiger partial charge in [-0.2, -0.15) is 5.48 Å². The van der Waals surface area contributed by atoms with Gasteiger partial charge in [-0.05, 0) is 59.8 Å². The molecule has 0 aromatic rings. The number of rotatable bonds is 16. The Morgan fingerprint density at radius 3 is 1.64 bits per heavy atom. The number of carbonyl (C=O) groups excluding carboxylic acids is 1. The number of nitrogens with one attached hydrogen (secondary N) is 1. The molecule has 3 rings (SSSR count). The molecule has 258 valence electrons. The van der Waals surface area contributed by atoms with Crippen molar-refractivity contribution in [3.05, 3.63) is 0 Å². The minimum absolute atomic E-state index is 0.0674. The second-order valence-electron chi connectivity index (χ2n) is 15.9. The summed E-state index contributed by atoms with van der Waals surface area (Å²) >= 11 is 0. The van der Waals surface area contributed by atoms with Crippen LogP contribution in [0.3, 0.4) is 0 Å². The number of piperidine rings is 1. The van der Waals surface area contributed by atoms with Crippen molar-refractivity contribution in [2.24, 2.45) is 0 Å². The largest absolute Gasteiger partial charge is 0.466 e. The number of carbonyl (C=O) groups is 1. The van der Waals surface area contributed by atoms with Crippen LogP contribution in [0.1, 0.15) is 202 Å². The number of ether oxygens (including phenoxy) is 2. The van der Waals surface area contributed by atoms with E-state index in [2.05, 4.69) is 45.0 Å². The Kier molecular flexibility index (Phi) is 16.5. The molecule has 0 bridgehead atoms. The van der Waals surface area contributed by atoms with Crippen molar-refractivity contribution in [2.75, 3.05) is 13.2 Å². The summed E-state index contributed by atoms with van der Waals surface area (Å²) in [4.78, 5) is 21.7. The number of likely N-dealkylation sites (tertiary alicyclic amines) is 1. The third-order valence-corrected chi connectivity index (χ3v) is 10.6. The fraction of sp³-hybridized carbons (Fsp3) is 0.974. The van der Waals surface area contributed by atoms with Gasteiger partial charge in [-0.3, -0.25) is 14.5 Å². The molecule has 1 saturated carbocycles. The van der Waals surface area contributed by atoms with E-state index < -0.39 is 5.79 Å². The van der Waals surface area contributed by atoms with Crippen LogP contribution in [0.25, 0.3) is 0 Å². The number of unbranched alkanes of at least 4 members (excludes halogenated alkanes) is 11. The van der Waals surface area contributed by atoms with Gasteiger partial charge in [-0.1, -0.05) is 122 Å². The first-order chi connectivity index (χ1) is 21.1. The fourth-order valence-corrected chi connectivity index (χ4v) is 8.52. The molecule has 2 heterocycles. The van der Waals surface area contributed by atoms with Crippen LogP contribution in [0.4, 0.5) is 0 Å². The molecule has 1 aliphatic carbocycles. The van der Waals surface area contributed by atoms with E-state index in [1.165, 1.54) is 122 Å². The predicted octanol–water partition coefficient (Wildman–Crippen LogP) is 10.5. The van der Waals surface area contributed by atoms with Gasteiger partial charge in [0, 0.05) is 30.5 Å². The van der Waals surface area contributed by atoms with E-state index in [9.17, 15) is 4.79 Å². The Bertz CT molecular complexity index is 768. The Morgan fingerprint density at radius 2 is 1.14 bits per heavy atom. The number of hydrogen-bond donors (Lipinski definition) is 1. The maximum atomic E-state index is 12.7. The van der Waals surface area contributed by atoms with Crippen molar-refractivity contribution >= 4 is 5.97 Å². The Labute approximate surface area is 272 Å². The molecule has 1 N–H and O–H groups in total. The minimum atomic E-state index is -0.629. The highest BCUT2D eigenvalue weighted by atomic mass is 16.9. The molecule has 0 radical (unpaired) electrons. The van der Waals surface area contributed by atoms with Gasteiger partial charge in [0.15, 0.2) is 5.79 Å². The highest BCUT2D eigenvalue weighted by molar-refractivity contribution is 5.69. The van der Waals surface area contributed by atoms with Crippen molar-refractivity contribution < 1.29 is 19.1 Å². The number of hydroxylamine groups is 1. The first-order valence-electron chi connectivity index (χ1n) is 19.2. The van der Waals surface area contributed by atoms with Crippen LogP contribution in [0.2, 0.25) is 0 Å². The summed E-state index contributed by atoms with van der Waals surface area (Å²) in [6.07, 6.45) is 31.5. The monoisotopic (exact) mass is 621 g/mol. The van der Waals surface area contributed by atoms with Crippen molar-refractivity contribution in [3.8, 4) is 0 Å². The fourth-order valence-electron chi connectivity index (χ4n) is 8.52. The smallest absolute Gasteiger partial charge is 0.307 e. The molecular formula is C38H72N2O4. The summed E-state index contributed by atoms with van der Waals surface area (Å²) in [5.74, 6) is -0.697. The molecule has 0 amide bonds. The first kappa shape index (κ1) is 37.8. The summed E-state index contributed by atoms with van der Waals surface area (Å²) in [6, 6.07) is 0. The average molecular weight is 621 g/mol. The maximum absolute atomic E-state index is 12.7. The van der Waals surface area contributed by atoms with Crippen LogP contribution in [-0.2, 0) is 19.1 Å². The van der Waals surface area contributed by atoms with Gasteiger partial charge in [0.1, 0.15) is 5.72 Å². The molecule has 44 heavy (non-hydrogen) atoms. The highest BCUT2D eigenvalue weighted by Crippen LogP contribution is 2.50. The maximum Gasteiger partial charge on any atom is 0.307 e. The standard InChI is InChI=1S/C38H72N2O4/c1-6-7-8-9-10-11-12-13-17-20-23-26-31-42-34(41)27-30-40-35(2,3)32-38(33-36(40,4)5)43-37(39-44-38)28-24-21-18-15-14-16-19-22-25-29-37/h39H,6-33H2,1-5H3. The molecule has 2 spiro atoms. The van der Waals surface area contributed by atoms with Crippen molar-refractivity contribution in [2.45, 2.75) is 224 Å². The molecule has 2 aliphatic heterocycles. The lowest BCUT2D eigenvalue weighted by atomic mass is 9.75. The minimum Gasteiger partial charge on any atom is -0.466 e. The van der Waals surface area contributed by atoms with Crippen LogP contribution in [0.5, 0.6) is 0 Å². The van der Waals surface area contributed by atoms with Crippen LogP contribution < -0.4 is 5.48 Å². The van der Waals surface area contributed by atoms with Gasteiger partial charge in [0.05, 0.1) is 13.0 Å². The third-order valence-electron chi connectivity index (χ3n) is 10.6. The zero-order valence-corrected chi connectivity index (χ0v) is 29.9. The second-order valence-corrected chi connectivity index (χ2v) is 15.9. The third kappa shape index (κ3) is 12.8. The lowest BCUT2D eigenvalue weighted by Crippen LogP contribution is -2.66. The number of nitrogens with zero attached hydrogens (tertiary/aromatic N) is 1. The van der Waals surface area contributed by atoms with Gasteiger partial charge >= 0.3 is 5.97 Å². The normalized spacial score (nSPS) is 23.8. The molecular weight excluding hydrogens is 548 g/mol. The van der Waals surface area contributed by atoms with E-state index >= 15 is 0 Å². The van der Waals surface area contributed by atoms with Crippen LogP contribution in [-0.4, -0.2) is 46.6 Å². The molecule has 0 aromatic carbocycles. The Hall–Kier alpha value is -0.690. The van der Waals surface area contributed by atoms with Crippen molar-refractivity contribution in [3.63, 3.8) is 0 Å². The zero-order valence-electron chi connectivity index (χ0n) is 29.9. The summed E-state index contributed by atoms with van der Waals surface area (Å²) in [7, 11) is 0. The van der Waals surface area contributed by atoms with Gasteiger partial charge in [-0.25, -0.2) is 0 Å². The van der Waals surface area contributed by atoms with Crippen molar-refractivity contribution in [1.29, 1.82) is 0 Å². The Balaban J connectivity index is 1.36. The van der Waals surface area contributed by atoms with E-state index in [1.807, 2.05) is 0 Å². The van der Waals surface area contributed by atoms with E-state index in [1.54, 1.807) is 0 Å². The van der Waals surface area contributed by atoms with Gasteiger partial charge < -0.3 is 9.47 Å². The van der Waals surface area contributed by atoms with E-state index in [0.29, 0.717) is 19.6 Å². The van der Waals surface area contributed by atoms with E-state index in [0.717, 1.165) is 38.5 Å². The zero-order chi connectivity index (χ0) is 31.8. The van der Waals surface area contributed by atoms with Crippen LogP contribution >= 0.6 is 0 Å². The molecule has 6 heteroatoms. The average Bonchev–Trinajstić information content (AvgIpc) is 3.28. The molecule has 0 aromatic heterocycles. The summed E-state index contributed by atoms with van der Waals surface area (Å²) in [6.45, 7) is 12.7. The number of hydrogen-bond acceptors (Lipinski definition) is 6. The first-order valence-corrected chi connectivity index (χ1v) is 19.2. The molecule has 2 saturated heterocycles. The predicted molar refractivity (Wildman–Crippen MR) is 182 cm³/mol. The SMILES string of the molecule is CCCCCCCCCCCCCCOC(=O)CCN1C(C)(C)CC2(CC1(C)C)ONC1(CCCCCCCCCCC1)O2. The number of esters is 1. The summed E-state index contributed by atoms with van der Waals surface area (Å²) < 4.78 is 12.7. The lowest BCUT2D eigenvalue weighted by molar-refractivity contribution is -0.262. The van der Waals surface area contributed by atoms with Gasteiger partial charge in [-0.15, -0.1) is 0 Å². The highest BCUT2D eigenvalue weighted by Gasteiger charge is 2.60. The molecule has 0 unspecified atom stereocenters. The lowest BCUT2D eigenvalue weighted by Gasteiger charge is -2.57. The molecule has 3 fully saturated rings. The van der Waals surface area contributed by atoms with E-state index in [-0.39, 0.29) is 22.8 Å². The van der Waals surface area contributed by atoms with Gasteiger partial charge in [0.2, 0.25) is 0 Å². The quantitative estimate of drug-likeness (QED) is 0.137. The van der Waals surface area contributed by atoms with Crippen LogP contribution in [0.15, 0.2) is 0 Å². The van der Waals surface area contributed by atoms with Crippen molar-refractivity contribution in [1.82, 2.24) is 10.4 Å². The van der Waals surface area contributed by atoms with E-state index in [4.69, 9.17) is 14.3 Å².